The molecule has 3 N–H and O–H groups in total. The normalized spacial score (nSPS) is 16.2. The van der Waals surface area contributed by atoms with Crippen LogP contribution in [0.3, 0.4) is 0 Å². The molecule has 0 bridgehead atoms. The molecule has 3 rings (SSSR count). The Hall–Kier alpha value is -1.79. The van der Waals surface area contributed by atoms with Gasteiger partial charge < -0.3 is 15.4 Å². The van der Waals surface area contributed by atoms with Crippen molar-refractivity contribution in [2.45, 2.75) is 25.5 Å². The lowest BCUT2D eigenvalue weighted by Crippen LogP contribution is -2.40. The summed E-state index contributed by atoms with van der Waals surface area (Å²) in [5.74, 6) is 2.12. The van der Waals surface area contributed by atoms with Crippen LogP contribution in [-0.2, 0) is 6.61 Å². The minimum absolute atomic E-state index is 0.297. The minimum Gasteiger partial charge on any atom is -0.486 e. The summed E-state index contributed by atoms with van der Waals surface area (Å²) in [6.07, 6.45) is 1.95. The molecule has 0 radical (unpaired) electrons. The first kappa shape index (κ1) is 14.2. The summed E-state index contributed by atoms with van der Waals surface area (Å²) in [4.78, 5) is 6.60. The Morgan fingerprint density at radius 1 is 1.38 bits per heavy atom. The lowest BCUT2D eigenvalue weighted by molar-refractivity contribution is 0.296. The van der Waals surface area contributed by atoms with Gasteiger partial charge in [-0.25, -0.2) is 0 Å². The molecular weight excluding hydrogens is 290 g/mol. The van der Waals surface area contributed by atoms with Gasteiger partial charge in [0.2, 0.25) is 5.95 Å². The van der Waals surface area contributed by atoms with Gasteiger partial charge in [0.15, 0.2) is 5.82 Å². The maximum Gasteiger partial charge on any atom is 0.244 e. The van der Waals surface area contributed by atoms with Gasteiger partial charge in [0.25, 0.3) is 0 Å². The number of piperidine rings is 1. The first-order valence-corrected chi connectivity index (χ1v) is 7.38. The van der Waals surface area contributed by atoms with E-state index in [1.165, 1.54) is 0 Å². The third-order valence-electron chi connectivity index (χ3n) is 3.51. The molecule has 0 aliphatic carbocycles. The van der Waals surface area contributed by atoms with Crippen LogP contribution in [0.2, 0.25) is 5.02 Å². The van der Waals surface area contributed by atoms with Crippen LogP contribution < -0.4 is 15.4 Å². The molecule has 1 aliphatic rings. The SMILES string of the molecule is NC1CCN(c2n[nH]c(COc3cccc(Cl)c3)n2)CC1. The number of halogens is 1. The lowest BCUT2D eigenvalue weighted by Gasteiger charge is -2.28. The van der Waals surface area contributed by atoms with E-state index in [2.05, 4.69) is 20.1 Å². The molecule has 21 heavy (non-hydrogen) atoms. The fourth-order valence-corrected chi connectivity index (χ4v) is 2.48. The van der Waals surface area contributed by atoms with Gasteiger partial charge in [-0.1, -0.05) is 17.7 Å². The molecule has 7 heteroatoms. The second-order valence-electron chi connectivity index (χ2n) is 5.15. The molecule has 0 amide bonds. The molecule has 1 fully saturated rings. The van der Waals surface area contributed by atoms with Gasteiger partial charge in [-0.3, -0.25) is 5.10 Å². The van der Waals surface area contributed by atoms with Gasteiger partial charge in [-0.2, -0.15) is 4.98 Å². The summed E-state index contributed by atoms with van der Waals surface area (Å²) in [6, 6.07) is 7.58. The van der Waals surface area contributed by atoms with Gasteiger partial charge in [0.05, 0.1) is 0 Å². The van der Waals surface area contributed by atoms with Crippen LogP contribution in [0.5, 0.6) is 5.75 Å². The van der Waals surface area contributed by atoms with E-state index in [0.29, 0.717) is 35.2 Å². The standard InChI is InChI=1S/C14H18ClN5O/c15-10-2-1-3-12(8-10)21-9-13-17-14(19-18-13)20-6-4-11(16)5-7-20/h1-3,8,11H,4-7,9,16H2,(H,17,18,19). The van der Waals surface area contributed by atoms with Crippen LogP contribution in [0.15, 0.2) is 24.3 Å². The maximum atomic E-state index is 5.91. The summed E-state index contributed by atoms with van der Waals surface area (Å²) >= 11 is 5.91. The highest BCUT2D eigenvalue weighted by Crippen LogP contribution is 2.19. The molecule has 112 valence electrons. The monoisotopic (exact) mass is 307 g/mol. The average molecular weight is 308 g/mol. The zero-order valence-corrected chi connectivity index (χ0v) is 12.4. The summed E-state index contributed by atoms with van der Waals surface area (Å²) in [7, 11) is 0. The Kier molecular flexibility index (Phi) is 4.26. The first-order valence-electron chi connectivity index (χ1n) is 7.01. The zero-order chi connectivity index (χ0) is 14.7. The van der Waals surface area contributed by atoms with E-state index in [1.807, 2.05) is 18.2 Å². The molecule has 0 spiro atoms. The number of nitrogens with one attached hydrogen (secondary N) is 1. The topological polar surface area (TPSA) is 80.1 Å². The van der Waals surface area contributed by atoms with E-state index in [-0.39, 0.29) is 0 Å². The van der Waals surface area contributed by atoms with Crippen LogP contribution in [0.25, 0.3) is 0 Å². The third-order valence-corrected chi connectivity index (χ3v) is 3.75. The summed E-state index contributed by atoms with van der Waals surface area (Å²) < 4.78 is 5.63. The van der Waals surface area contributed by atoms with Crippen molar-refractivity contribution in [2.24, 2.45) is 5.73 Å². The van der Waals surface area contributed by atoms with E-state index in [1.54, 1.807) is 6.07 Å². The van der Waals surface area contributed by atoms with Crippen molar-refractivity contribution in [3.8, 4) is 5.75 Å². The second-order valence-corrected chi connectivity index (χ2v) is 5.59. The first-order chi connectivity index (χ1) is 10.2. The molecular formula is C14H18ClN5O. The number of nitrogens with zero attached hydrogens (tertiary/aromatic N) is 3. The van der Waals surface area contributed by atoms with Crippen LogP contribution in [0, 0.1) is 0 Å². The number of hydrogen-bond donors (Lipinski definition) is 2. The molecule has 0 atom stereocenters. The van der Waals surface area contributed by atoms with Crippen LogP contribution >= 0.6 is 11.6 Å². The summed E-state index contributed by atoms with van der Waals surface area (Å²) in [5.41, 5.74) is 5.90. The molecule has 1 aliphatic heterocycles. The Labute approximate surface area is 128 Å². The predicted octanol–water partition coefficient (Wildman–Crippen LogP) is 1.96. The molecule has 1 aromatic heterocycles. The molecule has 1 saturated heterocycles. The largest absolute Gasteiger partial charge is 0.486 e. The highest BCUT2D eigenvalue weighted by Gasteiger charge is 2.19. The van der Waals surface area contributed by atoms with E-state index < -0.39 is 0 Å². The number of hydrogen-bond acceptors (Lipinski definition) is 5. The van der Waals surface area contributed by atoms with Crippen molar-refractivity contribution in [1.82, 2.24) is 15.2 Å². The van der Waals surface area contributed by atoms with Gasteiger partial charge in [-0.05, 0) is 31.0 Å². The number of aromatic amines is 1. The molecule has 0 unspecified atom stereocenters. The maximum absolute atomic E-state index is 5.91. The van der Waals surface area contributed by atoms with Crippen molar-refractivity contribution >= 4 is 17.5 Å². The van der Waals surface area contributed by atoms with Crippen molar-refractivity contribution < 1.29 is 4.74 Å². The Morgan fingerprint density at radius 2 is 2.19 bits per heavy atom. The van der Waals surface area contributed by atoms with Crippen LogP contribution in [-0.4, -0.2) is 34.3 Å². The average Bonchev–Trinajstić information content (AvgIpc) is 2.95. The van der Waals surface area contributed by atoms with Crippen molar-refractivity contribution in [1.29, 1.82) is 0 Å². The Balaban J connectivity index is 1.58. The van der Waals surface area contributed by atoms with Crippen LogP contribution in [0.4, 0.5) is 5.95 Å². The fraction of sp³-hybridized carbons (Fsp3) is 0.429. The third kappa shape index (κ3) is 3.65. The highest BCUT2D eigenvalue weighted by atomic mass is 35.5. The second kappa shape index (κ2) is 6.32. The molecule has 2 heterocycles. The molecule has 2 aromatic rings. The summed E-state index contributed by atoms with van der Waals surface area (Å²) in [6.45, 7) is 2.13. The quantitative estimate of drug-likeness (QED) is 0.902. The summed E-state index contributed by atoms with van der Waals surface area (Å²) in [5, 5.41) is 7.79. The van der Waals surface area contributed by atoms with Gasteiger partial charge >= 0.3 is 0 Å². The number of anilines is 1. The fourth-order valence-electron chi connectivity index (χ4n) is 2.30. The van der Waals surface area contributed by atoms with Crippen molar-refractivity contribution in [3.05, 3.63) is 35.1 Å². The zero-order valence-electron chi connectivity index (χ0n) is 11.6. The number of H-pyrrole nitrogens is 1. The number of aromatic nitrogens is 3. The number of rotatable bonds is 4. The van der Waals surface area contributed by atoms with Gasteiger partial charge in [0.1, 0.15) is 12.4 Å². The van der Waals surface area contributed by atoms with Crippen molar-refractivity contribution in [2.75, 3.05) is 18.0 Å². The van der Waals surface area contributed by atoms with E-state index in [0.717, 1.165) is 25.9 Å². The minimum atomic E-state index is 0.297. The van der Waals surface area contributed by atoms with Crippen molar-refractivity contribution in [3.63, 3.8) is 0 Å². The number of nitrogens with two attached hydrogens (primary N) is 1. The highest BCUT2D eigenvalue weighted by molar-refractivity contribution is 6.30. The number of benzene rings is 1. The molecule has 1 aromatic carbocycles. The molecule has 6 nitrogen and oxygen atoms in total. The lowest BCUT2D eigenvalue weighted by atomic mass is 10.1. The van der Waals surface area contributed by atoms with E-state index in [9.17, 15) is 0 Å². The van der Waals surface area contributed by atoms with E-state index >= 15 is 0 Å². The molecule has 0 saturated carbocycles. The Bertz CT molecular complexity index is 595. The van der Waals surface area contributed by atoms with E-state index in [4.69, 9.17) is 22.1 Å². The number of ether oxygens (including phenoxy) is 1. The Morgan fingerprint density at radius 3 is 2.95 bits per heavy atom. The predicted molar refractivity (Wildman–Crippen MR) is 81.6 cm³/mol. The smallest absolute Gasteiger partial charge is 0.244 e. The van der Waals surface area contributed by atoms with Gasteiger partial charge in [-0.15, -0.1) is 5.10 Å². The van der Waals surface area contributed by atoms with Gasteiger partial charge in [0, 0.05) is 24.2 Å². The van der Waals surface area contributed by atoms with Crippen LogP contribution in [0.1, 0.15) is 18.7 Å².